The van der Waals surface area contributed by atoms with Crippen molar-refractivity contribution >= 4 is 5.91 Å². The number of benzene rings is 2. The predicted octanol–water partition coefficient (Wildman–Crippen LogP) is 5.34. The second-order valence-electron chi connectivity index (χ2n) is 9.84. The summed E-state index contributed by atoms with van der Waals surface area (Å²) < 4.78 is 6.39. The number of nitrogens with zero attached hydrogens (tertiary/aromatic N) is 2. The molecule has 2 aromatic carbocycles. The van der Waals surface area contributed by atoms with Crippen LogP contribution in [0.4, 0.5) is 0 Å². The van der Waals surface area contributed by atoms with E-state index in [2.05, 4.69) is 39.5 Å². The third-order valence-electron chi connectivity index (χ3n) is 7.28. The maximum absolute atomic E-state index is 12.9. The largest absolute Gasteiger partial charge is 0.492 e. The highest BCUT2D eigenvalue weighted by molar-refractivity contribution is 5.94. The molecule has 2 aliphatic rings. The van der Waals surface area contributed by atoms with Gasteiger partial charge in [0.2, 0.25) is 0 Å². The Bertz CT molecular complexity index is 1130. The average Bonchev–Trinajstić information content (AvgIpc) is 2.90. The van der Waals surface area contributed by atoms with Gasteiger partial charge in [-0.15, -0.1) is 0 Å². The zero-order valence-electron chi connectivity index (χ0n) is 20.4. The molecule has 0 spiro atoms. The summed E-state index contributed by atoms with van der Waals surface area (Å²) in [5, 5.41) is 3.13. The van der Waals surface area contributed by atoms with Gasteiger partial charge in [-0.25, -0.2) is 0 Å². The number of carbonyl (C=O) groups excluding carboxylic acids is 1. The maximum Gasteiger partial charge on any atom is 0.251 e. The van der Waals surface area contributed by atoms with Crippen LogP contribution in [0.5, 0.6) is 5.75 Å². The number of nitrogens with one attached hydrogen (secondary N) is 1. The molecule has 2 heterocycles. The van der Waals surface area contributed by atoms with Crippen LogP contribution < -0.4 is 10.1 Å². The fourth-order valence-corrected chi connectivity index (χ4v) is 5.37. The SMILES string of the molecule is O=C1NCCN(CC2CCCCC2)CCOc2ccc(-c3ccncc3)cc2Cc2cccc1c2. The minimum atomic E-state index is 0.00327. The van der Waals surface area contributed by atoms with E-state index < -0.39 is 0 Å². The lowest BCUT2D eigenvalue weighted by atomic mass is 9.89. The van der Waals surface area contributed by atoms with E-state index in [1.54, 1.807) is 0 Å². The summed E-state index contributed by atoms with van der Waals surface area (Å²) in [5.41, 5.74) is 5.22. The number of rotatable bonds is 3. The Balaban J connectivity index is 1.41. The minimum Gasteiger partial charge on any atom is -0.492 e. The number of fused-ring (bicyclic) bond motifs is 3. The first-order chi connectivity index (χ1) is 17.2. The molecule has 2 bridgehead atoms. The van der Waals surface area contributed by atoms with Crippen LogP contribution in [0.25, 0.3) is 11.1 Å². The summed E-state index contributed by atoms with van der Waals surface area (Å²) >= 11 is 0. The van der Waals surface area contributed by atoms with Crippen LogP contribution in [-0.4, -0.2) is 48.6 Å². The molecule has 0 saturated heterocycles. The van der Waals surface area contributed by atoms with Crippen molar-refractivity contribution in [3.63, 3.8) is 0 Å². The van der Waals surface area contributed by atoms with Crippen molar-refractivity contribution in [3.05, 3.63) is 83.7 Å². The maximum atomic E-state index is 12.9. The Morgan fingerprint density at radius 2 is 1.77 bits per heavy atom. The van der Waals surface area contributed by atoms with E-state index in [4.69, 9.17) is 4.74 Å². The molecule has 1 saturated carbocycles. The minimum absolute atomic E-state index is 0.00327. The van der Waals surface area contributed by atoms with Crippen LogP contribution in [0.2, 0.25) is 0 Å². The average molecular weight is 470 g/mol. The summed E-state index contributed by atoms with van der Waals surface area (Å²) in [6.45, 7) is 4.09. The Morgan fingerprint density at radius 1 is 0.914 bits per heavy atom. The molecule has 1 aliphatic carbocycles. The van der Waals surface area contributed by atoms with Crippen molar-refractivity contribution in [2.75, 3.05) is 32.8 Å². The Morgan fingerprint density at radius 3 is 2.63 bits per heavy atom. The summed E-state index contributed by atoms with van der Waals surface area (Å²) in [6.07, 6.45) is 11.0. The van der Waals surface area contributed by atoms with E-state index in [0.717, 1.165) is 53.6 Å². The summed E-state index contributed by atoms with van der Waals surface area (Å²) in [5.74, 6) is 1.68. The lowest BCUT2D eigenvalue weighted by Crippen LogP contribution is -2.40. The Hall–Kier alpha value is -3.18. The van der Waals surface area contributed by atoms with E-state index >= 15 is 0 Å². The van der Waals surface area contributed by atoms with Crippen LogP contribution in [0.3, 0.4) is 0 Å². The van der Waals surface area contributed by atoms with Crippen LogP contribution in [-0.2, 0) is 6.42 Å². The molecular weight excluding hydrogens is 434 g/mol. The fraction of sp³-hybridized carbons (Fsp3) is 0.400. The summed E-state index contributed by atoms with van der Waals surface area (Å²) in [7, 11) is 0. The van der Waals surface area contributed by atoms with Gasteiger partial charge in [-0.1, -0.05) is 37.5 Å². The highest BCUT2D eigenvalue weighted by atomic mass is 16.5. The third-order valence-corrected chi connectivity index (χ3v) is 7.28. The zero-order valence-corrected chi connectivity index (χ0v) is 20.4. The third kappa shape index (κ3) is 6.29. The Labute approximate surface area is 208 Å². The quantitative estimate of drug-likeness (QED) is 0.562. The molecule has 1 fully saturated rings. The van der Waals surface area contributed by atoms with Crippen LogP contribution in [0.15, 0.2) is 67.0 Å². The van der Waals surface area contributed by atoms with E-state index in [-0.39, 0.29) is 5.91 Å². The first-order valence-electron chi connectivity index (χ1n) is 13.0. The normalized spacial score (nSPS) is 18.1. The van der Waals surface area contributed by atoms with Crippen molar-refractivity contribution in [2.45, 2.75) is 38.5 Å². The molecule has 1 amide bonds. The van der Waals surface area contributed by atoms with E-state index in [1.807, 2.05) is 42.7 Å². The van der Waals surface area contributed by atoms with Crippen LogP contribution >= 0.6 is 0 Å². The lowest BCUT2D eigenvalue weighted by Gasteiger charge is -2.30. The van der Waals surface area contributed by atoms with E-state index in [9.17, 15) is 4.79 Å². The molecule has 182 valence electrons. The van der Waals surface area contributed by atoms with E-state index in [1.165, 1.54) is 32.1 Å². The van der Waals surface area contributed by atoms with Gasteiger partial charge in [0.05, 0.1) is 0 Å². The molecule has 3 aromatic rings. The van der Waals surface area contributed by atoms with Crippen LogP contribution in [0.1, 0.15) is 53.6 Å². The summed E-state index contributed by atoms with van der Waals surface area (Å²) in [4.78, 5) is 19.5. The second kappa shape index (κ2) is 11.5. The molecule has 0 unspecified atom stereocenters. The van der Waals surface area contributed by atoms with Gasteiger partial charge >= 0.3 is 0 Å². The van der Waals surface area contributed by atoms with Crippen molar-refractivity contribution < 1.29 is 9.53 Å². The molecule has 1 aromatic heterocycles. The number of aromatic nitrogens is 1. The van der Waals surface area contributed by atoms with Gasteiger partial charge in [0.25, 0.3) is 5.91 Å². The van der Waals surface area contributed by atoms with Gasteiger partial charge in [-0.2, -0.15) is 0 Å². The number of carbonyl (C=O) groups is 1. The van der Waals surface area contributed by atoms with E-state index in [0.29, 0.717) is 25.1 Å². The molecule has 5 heteroatoms. The smallest absolute Gasteiger partial charge is 0.251 e. The van der Waals surface area contributed by atoms with Crippen molar-refractivity contribution in [2.24, 2.45) is 5.92 Å². The highest BCUT2D eigenvalue weighted by Gasteiger charge is 2.18. The monoisotopic (exact) mass is 469 g/mol. The number of ether oxygens (including phenoxy) is 1. The van der Waals surface area contributed by atoms with Gasteiger partial charge in [0, 0.05) is 50.6 Å². The van der Waals surface area contributed by atoms with Gasteiger partial charge < -0.3 is 10.1 Å². The zero-order chi connectivity index (χ0) is 23.9. The van der Waals surface area contributed by atoms with Gasteiger partial charge in [0.15, 0.2) is 0 Å². The molecule has 0 radical (unpaired) electrons. The van der Waals surface area contributed by atoms with Gasteiger partial charge in [-0.05, 0) is 77.4 Å². The first kappa shape index (κ1) is 23.6. The molecule has 35 heavy (non-hydrogen) atoms. The van der Waals surface area contributed by atoms with Gasteiger partial charge in [0.1, 0.15) is 12.4 Å². The fourth-order valence-electron chi connectivity index (χ4n) is 5.37. The molecular formula is C30H35N3O2. The second-order valence-corrected chi connectivity index (χ2v) is 9.84. The summed E-state index contributed by atoms with van der Waals surface area (Å²) in [6, 6.07) is 18.4. The number of hydrogen-bond acceptors (Lipinski definition) is 4. The van der Waals surface area contributed by atoms with Crippen molar-refractivity contribution in [3.8, 4) is 16.9 Å². The number of hydrogen-bond donors (Lipinski definition) is 1. The topological polar surface area (TPSA) is 54.5 Å². The van der Waals surface area contributed by atoms with Crippen molar-refractivity contribution in [1.82, 2.24) is 15.2 Å². The van der Waals surface area contributed by atoms with Crippen molar-refractivity contribution in [1.29, 1.82) is 0 Å². The molecule has 1 N–H and O–H groups in total. The number of amides is 1. The molecule has 5 rings (SSSR count). The van der Waals surface area contributed by atoms with Gasteiger partial charge in [-0.3, -0.25) is 14.7 Å². The highest BCUT2D eigenvalue weighted by Crippen LogP contribution is 2.29. The molecule has 1 aliphatic heterocycles. The lowest BCUT2D eigenvalue weighted by molar-refractivity contribution is 0.0943. The van der Waals surface area contributed by atoms with Crippen LogP contribution in [0, 0.1) is 5.92 Å². The Kier molecular flexibility index (Phi) is 7.74. The predicted molar refractivity (Wildman–Crippen MR) is 140 cm³/mol. The first-order valence-corrected chi connectivity index (χ1v) is 13.0. The molecule has 0 atom stereocenters. The standard InChI is InChI=1S/C30H35N3O2/c34-30-27-8-4-7-24(19-27)20-28-21-26(25-11-13-31-14-12-25)9-10-29(28)35-18-17-33(16-15-32-30)22-23-5-2-1-3-6-23/h4,7-14,19,21,23H,1-3,5-6,15-18,20,22H2,(H,32,34). The molecule has 5 nitrogen and oxygen atoms in total. The number of pyridine rings is 1.